The van der Waals surface area contributed by atoms with Gasteiger partial charge in [-0.15, -0.1) is 0 Å². The molecule has 6 heteroatoms. The second-order valence-electron chi connectivity index (χ2n) is 6.74. The standard InChI is InChI=1S/C22H25ClN2O3/c1-3-22(27,13-4-14-26)21-15-20(16-5-11-19(28-2)12-6-16)25(24-21)18-9-7-17(23)8-10-18/h5-12,15,26-27H,3-4,13-14H2,1-2H3. The normalized spacial score (nSPS) is 13.3. The van der Waals surface area contributed by atoms with Gasteiger partial charge in [0.1, 0.15) is 11.4 Å². The molecule has 3 rings (SSSR count). The summed E-state index contributed by atoms with van der Waals surface area (Å²) < 4.78 is 7.07. The van der Waals surface area contributed by atoms with Gasteiger partial charge in [0.15, 0.2) is 0 Å². The van der Waals surface area contributed by atoms with E-state index in [-0.39, 0.29) is 6.61 Å². The fourth-order valence-electron chi connectivity index (χ4n) is 3.21. The number of methoxy groups -OCH3 is 1. The van der Waals surface area contributed by atoms with Crippen LogP contribution in [0.1, 0.15) is 31.9 Å². The SMILES string of the molecule is CCC(O)(CCCO)c1cc(-c2ccc(OC)cc2)n(-c2ccc(Cl)cc2)n1. The number of hydrogen-bond donors (Lipinski definition) is 2. The summed E-state index contributed by atoms with van der Waals surface area (Å²) in [6.07, 6.45) is 1.46. The third-order valence-electron chi connectivity index (χ3n) is 4.98. The molecule has 0 saturated heterocycles. The molecule has 2 N–H and O–H groups in total. The minimum Gasteiger partial charge on any atom is -0.497 e. The first-order valence-corrected chi connectivity index (χ1v) is 9.72. The fraction of sp³-hybridized carbons (Fsp3) is 0.318. The van der Waals surface area contributed by atoms with E-state index in [1.165, 1.54) is 0 Å². The quantitative estimate of drug-likeness (QED) is 0.581. The van der Waals surface area contributed by atoms with Crippen molar-refractivity contribution in [1.82, 2.24) is 9.78 Å². The molecule has 1 aromatic heterocycles. The Balaban J connectivity index is 2.12. The lowest BCUT2D eigenvalue weighted by Crippen LogP contribution is -2.26. The Morgan fingerprint density at radius 2 is 1.79 bits per heavy atom. The monoisotopic (exact) mass is 400 g/mol. The van der Waals surface area contributed by atoms with E-state index in [1.807, 2.05) is 66.2 Å². The van der Waals surface area contributed by atoms with Gasteiger partial charge >= 0.3 is 0 Å². The minimum atomic E-state index is -1.10. The van der Waals surface area contributed by atoms with Crippen LogP contribution in [0.2, 0.25) is 5.02 Å². The number of aliphatic hydroxyl groups excluding tert-OH is 1. The van der Waals surface area contributed by atoms with Gasteiger partial charge < -0.3 is 14.9 Å². The molecule has 0 aliphatic heterocycles. The highest BCUT2D eigenvalue weighted by atomic mass is 35.5. The molecule has 0 aliphatic carbocycles. The summed E-state index contributed by atoms with van der Waals surface area (Å²) in [4.78, 5) is 0. The van der Waals surface area contributed by atoms with Gasteiger partial charge in [-0.1, -0.05) is 18.5 Å². The zero-order valence-electron chi connectivity index (χ0n) is 16.1. The van der Waals surface area contributed by atoms with Gasteiger partial charge in [-0.3, -0.25) is 0 Å². The van der Waals surface area contributed by atoms with E-state index in [0.717, 1.165) is 22.7 Å². The van der Waals surface area contributed by atoms with E-state index < -0.39 is 5.60 Å². The summed E-state index contributed by atoms with van der Waals surface area (Å²) in [5.74, 6) is 0.773. The Morgan fingerprint density at radius 3 is 2.36 bits per heavy atom. The highest BCUT2D eigenvalue weighted by Gasteiger charge is 2.31. The number of nitrogens with zero attached hydrogens (tertiary/aromatic N) is 2. The van der Waals surface area contributed by atoms with Crippen molar-refractivity contribution in [1.29, 1.82) is 0 Å². The molecule has 1 heterocycles. The van der Waals surface area contributed by atoms with Gasteiger partial charge in [-0.25, -0.2) is 4.68 Å². The largest absolute Gasteiger partial charge is 0.497 e. The number of aliphatic hydroxyl groups is 2. The van der Waals surface area contributed by atoms with Crippen molar-refractivity contribution in [2.45, 2.75) is 31.8 Å². The summed E-state index contributed by atoms with van der Waals surface area (Å²) >= 11 is 6.04. The van der Waals surface area contributed by atoms with Gasteiger partial charge in [-0.2, -0.15) is 5.10 Å². The lowest BCUT2D eigenvalue weighted by atomic mass is 9.90. The van der Waals surface area contributed by atoms with E-state index in [4.69, 9.17) is 21.4 Å². The smallest absolute Gasteiger partial charge is 0.118 e. The Morgan fingerprint density at radius 1 is 1.11 bits per heavy atom. The van der Waals surface area contributed by atoms with E-state index in [0.29, 0.717) is 30.0 Å². The number of aromatic nitrogens is 2. The van der Waals surface area contributed by atoms with Crippen LogP contribution in [0.5, 0.6) is 5.75 Å². The maximum absolute atomic E-state index is 11.2. The average Bonchev–Trinajstić information content (AvgIpc) is 3.18. The van der Waals surface area contributed by atoms with E-state index in [1.54, 1.807) is 7.11 Å². The Bertz CT molecular complexity index is 907. The van der Waals surface area contributed by atoms with Gasteiger partial charge in [0.2, 0.25) is 0 Å². The molecule has 0 amide bonds. The number of rotatable bonds is 8. The van der Waals surface area contributed by atoms with Gasteiger partial charge in [-0.05, 0) is 73.9 Å². The van der Waals surface area contributed by atoms with Crippen LogP contribution in [-0.2, 0) is 5.60 Å². The summed E-state index contributed by atoms with van der Waals surface area (Å²) in [5.41, 5.74) is 2.15. The predicted octanol–water partition coefficient (Wildman–Crippen LogP) is 4.57. The van der Waals surface area contributed by atoms with Crippen molar-refractivity contribution in [2.24, 2.45) is 0 Å². The molecule has 0 radical (unpaired) electrons. The van der Waals surface area contributed by atoms with Crippen molar-refractivity contribution in [2.75, 3.05) is 13.7 Å². The molecule has 0 saturated carbocycles. The highest BCUT2D eigenvalue weighted by Crippen LogP contribution is 2.34. The molecular formula is C22H25ClN2O3. The van der Waals surface area contributed by atoms with Crippen molar-refractivity contribution >= 4 is 11.6 Å². The van der Waals surface area contributed by atoms with Crippen LogP contribution in [0.3, 0.4) is 0 Å². The highest BCUT2D eigenvalue weighted by molar-refractivity contribution is 6.30. The predicted molar refractivity (Wildman–Crippen MR) is 111 cm³/mol. The summed E-state index contributed by atoms with van der Waals surface area (Å²) in [6, 6.07) is 17.0. The van der Waals surface area contributed by atoms with E-state index in [2.05, 4.69) is 0 Å². The maximum atomic E-state index is 11.2. The second-order valence-corrected chi connectivity index (χ2v) is 7.18. The number of ether oxygens (including phenoxy) is 1. The second kappa shape index (κ2) is 8.78. The Kier molecular flexibility index (Phi) is 6.39. The van der Waals surface area contributed by atoms with Crippen LogP contribution in [-0.4, -0.2) is 33.7 Å². The minimum absolute atomic E-state index is 0.0333. The first-order valence-electron chi connectivity index (χ1n) is 9.35. The average molecular weight is 401 g/mol. The first kappa shape index (κ1) is 20.4. The van der Waals surface area contributed by atoms with Crippen LogP contribution in [0.25, 0.3) is 16.9 Å². The van der Waals surface area contributed by atoms with Crippen molar-refractivity contribution in [3.8, 4) is 22.7 Å². The summed E-state index contributed by atoms with van der Waals surface area (Å²) in [6.45, 7) is 1.96. The van der Waals surface area contributed by atoms with E-state index >= 15 is 0 Å². The zero-order chi connectivity index (χ0) is 20.1. The number of hydrogen-bond acceptors (Lipinski definition) is 4. The molecule has 2 aromatic carbocycles. The molecule has 0 bridgehead atoms. The van der Waals surface area contributed by atoms with Crippen molar-refractivity contribution in [3.63, 3.8) is 0 Å². The molecule has 0 aliphatic rings. The van der Waals surface area contributed by atoms with Crippen LogP contribution < -0.4 is 4.74 Å². The Labute approximate surface area is 170 Å². The third-order valence-corrected chi connectivity index (χ3v) is 5.23. The zero-order valence-corrected chi connectivity index (χ0v) is 16.9. The van der Waals surface area contributed by atoms with Crippen LogP contribution in [0, 0.1) is 0 Å². The van der Waals surface area contributed by atoms with Crippen LogP contribution in [0.15, 0.2) is 54.6 Å². The lowest BCUT2D eigenvalue weighted by molar-refractivity contribution is 0.0125. The van der Waals surface area contributed by atoms with Gasteiger partial charge in [0, 0.05) is 17.2 Å². The van der Waals surface area contributed by atoms with Gasteiger partial charge in [0.25, 0.3) is 0 Å². The summed E-state index contributed by atoms with van der Waals surface area (Å²) in [7, 11) is 1.63. The fourth-order valence-corrected chi connectivity index (χ4v) is 3.34. The molecule has 148 valence electrons. The molecule has 1 atom stereocenters. The van der Waals surface area contributed by atoms with Crippen molar-refractivity contribution in [3.05, 3.63) is 65.3 Å². The molecule has 0 spiro atoms. The molecule has 5 nitrogen and oxygen atoms in total. The summed E-state index contributed by atoms with van der Waals surface area (Å²) in [5, 5.41) is 25.7. The molecule has 28 heavy (non-hydrogen) atoms. The number of benzene rings is 2. The topological polar surface area (TPSA) is 67.5 Å². The van der Waals surface area contributed by atoms with E-state index in [9.17, 15) is 10.2 Å². The van der Waals surface area contributed by atoms with Crippen LogP contribution >= 0.6 is 11.6 Å². The molecular weight excluding hydrogens is 376 g/mol. The molecule has 0 fully saturated rings. The Hall–Kier alpha value is -2.34. The first-order chi connectivity index (χ1) is 13.5. The molecule has 3 aromatic rings. The number of halogens is 1. The third kappa shape index (κ3) is 4.22. The van der Waals surface area contributed by atoms with Crippen LogP contribution in [0.4, 0.5) is 0 Å². The maximum Gasteiger partial charge on any atom is 0.118 e. The van der Waals surface area contributed by atoms with Crippen molar-refractivity contribution < 1.29 is 14.9 Å². The lowest BCUT2D eigenvalue weighted by Gasteiger charge is -2.24. The van der Waals surface area contributed by atoms with Gasteiger partial charge in [0.05, 0.1) is 24.2 Å². The molecule has 1 unspecified atom stereocenters.